The molecule has 0 atom stereocenters. The third-order valence-corrected chi connectivity index (χ3v) is 4.94. The molecule has 1 saturated heterocycles. The molecule has 32 heavy (non-hydrogen) atoms. The van der Waals surface area contributed by atoms with Gasteiger partial charge in [0.2, 0.25) is 5.91 Å². The van der Waals surface area contributed by atoms with Crippen molar-refractivity contribution in [3.8, 4) is 0 Å². The maximum absolute atomic E-state index is 12.1. The van der Waals surface area contributed by atoms with Crippen LogP contribution in [0.25, 0.3) is 0 Å². The summed E-state index contributed by atoms with van der Waals surface area (Å²) >= 11 is 0. The Bertz CT molecular complexity index is 814. The van der Waals surface area contributed by atoms with Gasteiger partial charge in [0.1, 0.15) is 5.60 Å². The second-order valence-electron chi connectivity index (χ2n) is 9.75. The number of ether oxygens (including phenoxy) is 1. The van der Waals surface area contributed by atoms with Crippen LogP contribution in [-0.4, -0.2) is 53.6 Å². The number of carbonyl (C=O) groups is 2. The van der Waals surface area contributed by atoms with Crippen molar-refractivity contribution in [1.82, 2.24) is 20.9 Å². The van der Waals surface area contributed by atoms with E-state index in [9.17, 15) is 9.59 Å². The van der Waals surface area contributed by atoms with Crippen LogP contribution in [0.1, 0.15) is 65.5 Å². The Labute approximate surface area is 192 Å². The highest BCUT2D eigenvalue weighted by atomic mass is 16.6. The molecule has 178 valence electrons. The average molecular weight is 446 g/mol. The topological polar surface area (TPSA) is 95.1 Å². The molecule has 1 aliphatic rings. The molecule has 1 heterocycles. The zero-order chi connectivity index (χ0) is 23.8. The molecule has 0 radical (unpaired) electrons. The third-order valence-electron chi connectivity index (χ3n) is 4.94. The summed E-state index contributed by atoms with van der Waals surface area (Å²) in [6.45, 7) is 14.5. The Hall–Kier alpha value is -2.77. The lowest BCUT2D eigenvalue weighted by molar-refractivity contribution is -0.128. The van der Waals surface area contributed by atoms with Crippen molar-refractivity contribution in [3.05, 3.63) is 35.4 Å². The Morgan fingerprint density at radius 1 is 1.12 bits per heavy atom. The van der Waals surface area contributed by atoms with Gasteiger partial charge in [-0.05, 0) is 59.1 Å². The standard InChI is InChI=1S/C24H39N5O3/c1-7-25-21(27-17-24(5,6)28-22(31)32-23(2,3)4)26-15-18-11-8-9-12-19(18)16-29-14-10-13-20(29)30/h8-9,11-12H,7,10,13-17H2,1-6H3,(H,28,31)(H2,25,26,27). The van der Waals surface area contributed by atoms with Crippen LogP contribution in [0, 0.1) is 0 Å². The largest absolute Gasteiger partial charge is 0.444 e. The molecule has 0 aromatic heterocycles. The number of nitrogens with one attached hydrogen (secondary N) is 3. The fourth-order valence-corrected chi connectivity index (χ4v) is 3.38. The Kier molecular flexibility index (Phi) is 8.92. The van der Waals surface area contributed by atoms with Crippen LogP contribution in [0.4, 0.5) is 4.79 Å². The summed E-state index contributed by atoms with van der Waals surface area (Å²) in [5.74, 6) is 0.886. The summed E-state index contributed by atoms with van der Waals surface area (Å²) in [6, 6.07) is 8.10. The zero-order valence-electron chi connectivity index (χ0n) is 20.4. The van der Waals surface area contributed by atoms with E-state index in [4.69, 9.17) is 9.73 Å². The second-order valence-corrected chi connectivity index (χ2v) is 9.75. The van der Waals surface area contributed by atoms with Crippen LogP contribution < -0.4 is 16.0 Å². The van der Waals surface area contributed by atoms with E-state index in [-0.39, 0.29) is 5.91 Å². The van der Waals surface area contributed by atoms with Crippen molar-refractivity contribution >= 4 is 18.0 Å². The lowest BCUT2D eigenvalue weighted by Crippen LogP contribution is -2.54. The summed E-state index contributed by atoms with van der Waals surface area (Å²) in [7, 11) is 0. The van der Waals surface area contributed by atoms with E-state index in [1.54, 1.807) is 0 Å². The van der Waals surface area contributed by atoms with Gasteiger partial charge in [-0.15, -0.1) is 0 Å². The number of amides is 2. The molecule has 0 bridgehead atoms. The lowest BCUT2D eigenvalue weighted by Gasteiger charge is -2.29. The van der Waals surface area contributed by atoms with E-state index in [2.05, 4.69) is 28.1 Å². The minimum atomic E-state index is -0.545. The number of rotatable bonds is 8. The van der Waals surface area contributed by atoms with E-state index < -0.39 is 17.2 Å². The first-order chi connectivity index (χ1) is 15.0. The maximum atomic E-state index is 12.1. The number of hydrogen-bond donors (Lipinski definition) is 3. The average Bonchev–Trinajstić information content (AvgIpc) is 3.07. The van der Waals surface area contributed by atoms with Crippen LogP contribution in [-0.2, 0) is 22.6 Å². The highest BCUT2D eigenvalue weighted by Crippen LogP contribution is 2.18. The van der Waals surface area contributed by atoms with Crippen molar-refractivity contribution in [2.75, 3.05) is 19.6 Å². The van der Waals surface area contributed by atoms with Crippen molar-refractivity contribution in [3.63, 3.8) is 0 Å². The molecule has 8 nitrogen and oxygen atoms in total. The van der Waals surface area contributed by atoms with Gasteiger partial charge in [0.15, 0.2) is 5.96 Å². The van der Waals surface area contributed by atoms with Crippen molar-refractivity contribution in [2.24, 2.45) is 4.99 Å². The fraction of sp³-hybridized carbons (Fsp3) is 0.625. The second kappa shape index (κ2) is 11.2. The highest BCUT2D eigenvalue weighted by molar-refractivity contribution is 5.80. The van der Waals surface area contributed by atoms with Gasteiger partial charge in [-0.2, -0.15) is 0 Å². The van der Waals surface area contributed by atoms with Crippen LogP contribution >= 0.6 is 0 Å². The SMILES string of the molecule is CCNC(=NCc1ccccc1CN1CCCC1=O)NCC(C)(C)NC(=O)OC(C)(C)C. The van der Waals surface area contributed by atoms with E-state index >= 15 is 0 Å². The molecule has 0 spiro atoms. The van der Waals surface area contributed by atoms with Gasteiger partial charge >= 0.3 is 6.09 Å². The molecule has 1 aromatic carbocycles. The van der Waals surface area contributed by atoms with Crippen LogP contribution in [0.3, 0.4) is 0 Å². The van der Waals surface area contributed by atoms with Crippen molar-refractivity contribution < 1.29 is 14.3 Å². The predicted octanol–water partition coefficient (Wildman–Crippen LogP) is 3.17. The molecule has 3 N–H and O–H groups in total. The quantitative estimate of drug-likeness (QED) is 0.422. The van der Waals surface area contributed by atoms with Crippen LogP contribution in [0.15, 0.2) is 29.3 Å². The van der Waals surface area contributed by atoms with Crippen molar-refractivity contribution in [1.29, 1.82) is 0 Å². The van der Waals surface area contributed by atoms with E-state index in [1.807, 2.05) is 58.6 Å². The number of aliphatic imine (C=N–C) groups is 1. The van der Waals surface area contributed by atoms with Gasteiger partial charge in [0.25, 0.3) is 0 Å². The van der Waals surface area contributed by atoms with Crippen LogP contribution in [0.5, 0.6) is 0 Å². The zero-order valence-corrected chi connectivity index (χ0v) is 20.4. The molecule has 1 aromatic rings. The predicted molar refractivity (Wildman–Crippen MR) is 127 cm³/mol. The minimum Gasteiger partial charge on any atom is -0.444 e. The number of hydrogen-bond acceptors (Lipinski definition) is 4. The molecule has 2 amide bonds. The number of carbonyl (C=O) groups excluding carboxylic acids is 2. The maximum Gasteiger partial charge on any atom is 0.408 e. The number of likely N-dealkylation sites (tertiary alicyclic amines) is 1. The molecule has 0 unspecified atom stereocenters. The number of alkyl carbamates (subject to hydrolysis) is 1. The van der Waals surface area contributed by atoms with Gasteiger partial charge in [0, 0.05) is 32.6 Å². The van der Waals surface area contributed by atoms with Crippen molar-refractivity contribution in [2.45, 2.75) is 78.6 Å². The summed E-state index contributed by atoms with van der Waals surface area (Å²) in [5.41, 5.74) is 1.13. The number of nitrogens with zero attached hydrogens (tertiary/aromatic N) is 2. The normalized spacial score (nSPS) is 15.0. The molecule has 0 saturated carbocycles. The number of benzene rings is 1. The summed E-state index contributed by atoms with van der Waals surface area (Å²) in [6.07, 6.45) is 1.12. The van der Waals surface area contributed by atoms with Gasteiger partial charge in [-0.25, -0.2) is 9.79 Å². The van der Waals surface area contributed by atoms with Gasteiger partial charge in [0.05, 0.1) is 12.1 Å². The van der Waals surface area contributed by atoms with Gasteiger partial charge in [-0.1, -0.05) is 24.3 Å². The minimum absolute atomic E-state index is 0.220. The summed E-state index contributed by atoms with van der Waals surface area (Å²) in [5, 5.41) is 9.44. The molecule has 1 aliphatic heterocycles. The first kappa shape index (κ1) is 25.5. The first-order valence-electron chi connectivity index (χ1n) is 11.4. The molecule has 0 aliphatic carbocycles. The van der Waals surface area contributed by atoms with Gasteiger partial charge in [-0.3, -0.25) is 4.79 Å². The van der Waals surface area contributed by atoms with E-state index in [0.717, 1.165) is 30.6 Å². The summed E-state index contributed by atoms with van der Waals surface area (Å²) in [4.78, 5) is 30.8. The van der Waals surface area contributed by atoms with Crippen LogP contribution in [0.2, 0.25) is 0 Å². The first-order valence-corrected chi connectivity index (χ1v) is 11.4. The van der Waals surface area contributed by atoms with E-state index in [0.29, 0.717) is 32.0 Å². The monoisotopic (exact) mass is 445 g/mol. The lowest BCUT2D eigenvalue weighted by atomic mass is 10.1. The Balaban J connectivity index is 1.99. The smallest absolute Gasteiger partial charge is 0.408 e. The molecular weight excluding hydrogens is 406 g/mol. The number of guanidine groups is 1. The highest BCUT2D eigenvalue weighted by Gasteiger charge is 2.25. The van der Waals surface area contributed by atoms with Gasteiger partial charge < -0.3 is 25.6 Å². The third kappa shape index (κ3) is 8.77. The Morgan fingerprint density at radius 2 is 1.81 bits per heavy atom. The Morgan fingerprint density at radius 3 is 2.41 bits per heavy atom. The molecule has 2 rings (SSSR count). The molecule has 1 fully saturated rings. The molecule has 8 heteroatoms. The van der Waals surface area contributed by atoms with E-state index in [1.165, 1.54) is 0 Å². The fourth-order valence-electron chi connectivity index (χ4n) is 3.38. The summed E-state index contributed by atoms with van der Waals surface area (Å²) < 4.78 is 5.36. The molecular formula is C24H39N5O3.